The summed E-state index contributed by atoms with van der Waals surface area (Å²) in [6.07, 6.45) is 2.39. The number of rotatable bonds is 4. The Bertz CT molecular complexity index is 572. The maximum atomic E-state index is 13.0. The van der Waals surface area contributed by atoms with E-state index in [1.54, 1.807) is 30.5 Å². The first kappa shape index (κ1) is 13.7. The summed E-state index contributed by atoms with van der Waals surface area (Å²) in [7, 11) is 0. The molecule has 1 heterocycles. The van der Waals surface area contributed by atoms with Gasteiger partial charge in [0, 0.05) is 6.42 Å². The van der Waals surface area contributed by atoms with Crippen molar-refractivity contribution in [3.8, 4) is 0 Å². The van der Waals surface area contributed by atoms with Crippen LogP contribution in [0, 0.1) is 5.82 Å². The number of carbonyl (C=O) groups excluding carboxylic acids is 1. The molecule has 0 aliphatic rings. The second kappa shape index (κ2) is 6.43. The lowest BCUT2D eigenvalue weighted by atomic mass is 10.1. The van der Waals surface area contributed by atoms with Crippen molar-refractivity contribution in [2.45, 2.75) is 12.8 Å². The number of anilines is 1. The maximum Gasteiger partial charge on any atom is 0.224 e. The van der Waals surface area contributed by atoms with Gasteiger partial charge in [-0.2, -0.15) is 0 Å². The molecular weight excluding hydrogens is 311 g/mol. The summed E-state index contributed by atoms with van der Waals surface area (Å²) in [6, 6.07) is 9.78. The van der Waals surface area contributed by atoms with Gasteiger partial charge in [-0.15, -0.1) is 0 Å². The van der Waals surface area contributed by atoms with E-state index in [1.807, 2.05) is 0 Å². The molecule has 0 bridgehead atoms. The van der Waals surface area contributed by atoms with E-state index < -0.39 is 0 Å². The third-order valence-electron chi connectivity index (χ3n) is 2.54. The van der Waals surface area contributed by atoms with Gasteiger partial charge in [-0.1, -0.05) is 12.1 Å². The van der Waals surface area contributed by atoms with Gasteiger partial charge >= 0.3 is 0 Å². The Morgan fingerprint density at radius 3 is 2.84 bits per heavy atom. The number of pyridine rings is 1. The van der Waals surface area contributed by atoms with Gasteiger partial charge in [-0.05, 0) is 52.2 Å². The zero-order chi connectivity index (χ0) is 13.7. The SMILES string of the molecule is O=C(CCc1cccc(F)c1)Nc1ccc(Br)nc1. The molecule has 0 aliphatic carbocycles. The quantitative estimate of drug-likeness (QED) is 0.874. The van der Waals surface area contributed by atoms with Crippen LogP contribution in [0.5, 0.6) is 0 Å². The molecule has 0 fully saturated rings. The van der Waals surface area contributed by atoms with Crippen molar-refractivity contribution < 1.29 is 9.18 Å². The highest BCUT2D eigenvalue weighted by molar-refractivity contribution is 9.10. The van der Waals surface area contributed by atoms with E-state index >= 15 is 0 Å². The number of hydrogen-bond acceptors (Lipinski definition) is 2. The highest BCUT2D eigenvalue weighted by atomic mass is 79.9. The normalized spacial score (nSPS) is 10.2. The molecule has 98 valence electrons. The van der Waals surface area contributed by atoms with Crippen LogP contribution in [0.1, 0.15) is 12.0 Å². The lowest BCUT2D eigenvalue weighted by molar-refractivity contribution is -0.116. The Morgan fingerprint density at radius 1 is 1.32 bits per heavy atom. The number of aromatic nitrogens is 1. The van der Waals surface area contributed by atoms with Crippen LogP contribution < -0.4 is 5.32 Å². The molecule has 0 radical (unpaired) electrons. The van der Waals surface area contributed by atoms with E-state index in [0.29, 0.717) is 23.1 Å². The molecule has 1 N–H and O–H groups in total. The number of amides is 1. The second-order valence-electron chi connectivity index (χ2n) is 4.05. The fraction of sp³-hybridized carbons (Fsp3) is 0.143. The molecule has 2 rings (SSSR count). The van der Waals surface area contributed by atoms with Crippen LogP contribution >= 0.6 is 15.9 Å². The lowest BCUT2D eigenvalue weighted by Gasteiger charge is -2.05. The fourth-order valence-electron chi connectivity index (χ4n) is 1.62. The molecule has 0 spiro atoms. The Hall–Kier alpha value is -1.75. The van der Waals surface area contributed by atoms with Gasteiger partial charge in [0.05, 0.1) is 11.9 Å². The summed E-state index contributed by atoms with van der Waals surface area (Å²) in [6.45, 7) is 0. The molecule has 0 aliphatic heterocycles. The number of aryl methyl sites for hydroxylation is 1. The van der Waals surface area contributed by atoms with Gasteiger partial charge in [-0.25, -0.2) is 9.37 Å². The van der Waals surface area contributed by atoms with Gasteiger partial charge in [0.25, 0.3) is 0 Å². The first-order chi connectivity index (χ1) is 9.13. The van der Waals surface area contributed by atoms with E-state index in [-0.39, 0.29) is 11.7 Å². The van der Waals surface area contributed by atoms with Crippen molar-refractivity contribution >= 4 is 27.5 Å². The van der Waals surface area contributed by atoms with E-state index in [2.05, 4.69) is 26.2 Å². The predicted octanol–water partition coefficient (Wildman–Crippen LogP) is 3.55. The molecule has 5 heteroatoms. The van der Waals surface area contributed by atoms with Crippen LogP contribution in [0.3, 0.4) is 0 Å². The number of hydrogen-bond donors (Lipinski definition) is 1. The summed E-state index contributed by atoms with van der Waals surface area (Å²) in [5.74, 6) is -0.400. The van der Waals surface area contributed by atoms with Gasteiger partial charge in [0.2, 0.25) is 5.91 Å². The average Bonchev–Trinajstić information content (AvgIpc) is 2.39. The predicted molar refractivity (Wildman–Crippen MR) is 75.3 cm³/mol. The zero-order valence-corrected chi connectivity index (χ0v) is 11.7. The molecule has 0 atom stereocenters. The van der Waals surface area contributed by atoms with Crippen LogP contribution in [-0.4, -0.2) is 10.9 Å². The van der Waals surface area contributed by atoms with Crippen LogP contribution in [0.25, 0.3) is 0 Å². The molecule has 0 saturated carbocycles. The van der Waals surface area contributed by atoms with Crippen LogP contribution in [0.2, 0.25) is 0 Å². The lowest BCUT2D eigenvalue weighted by Crippen LogP contribution is -2.12. The molecule has 0 saturated heterocycles. The summed E-state index contributed by atoms with van der Waals surface area (Å²) < 4.78 is 13.7. The van der Waals surface area contributed by atoms with Gasteiger partial charge in [0.1, 0.15) is 10.4 Å². The molecule has 2 aromatic rings. The Balaban J connectivity index is 1.86. The number of benzene rings is 1. The molecular formula is C14H12BrFN2O. The van der Waals surface area contributed by atoms with Gasteiger partial charge < -0.3 is 5.32 Å². The van der Waals surface area contributed by atoms with Crippen LogP contribution in [0.15, 0.2) is 47.2 Å². The van der Waals surface area contributed by atoms with Crippen LogP contribution in [0.4, 0.5) is 10.1 Å². The van der Waals surface area contributed by atoms with Crippen molar-refractivity contribution in [1.29, 1.82) is 0 Å². The minimum atomic E-state index is -0.282. The van der Waals surface area contributed by atoms with Crippen molar-refractivity contribution in [2.24, 2.45) is 0 Å². The summed E-state index contributed by atoms with van der Waals surface area (Å²) in [5, 5.41) is 2.74. The van der Waals surface area contributed by atoms with E-state index in [0.717, 1.165) is 5.56 Å². The number of carbonyl (C=O) groups is 1. The molecule has 1 aromatic carbocycles. The average molecular weight is 323 g/mol. The van der Waals surface area contributed by atoms with E-state index in [4.69, 9.17) is 0 Å². The first-order valence-electron chi connectivity index (χ1n) is 5.79. The van der Waals surface area contributed by atoms with Crippen LogP contribution in [-0.2, 0) is 11.2 Å². The Morgan fingerprint density at radius 2 is 2.16 bits per heavy atom. The van der Waals surface area contributed by atoms with Gasteiger partial charge in [-0.3, -0.25) is 4.79 Å². The largest absolute Gasteiger partial charge is 0.325 e. The molecule has 1 amide bonds. The summed E-state index contributed by atoms with van der Waals surface area (Å²) in [4.78, 5) is 15.7. The Kier molecular flexibility index (Phi) is 4.63. The Labute approximate surface area is 119 Å². The number of nitrogens with one attached hydrogen (secondary N) is 1. The van der Waals surface area contributed by atoms with Crippen molar-refractivity contribution in [1.82, 2.24) is 4.98 Å². The topological polar surface area (TPSA) is 42.0 Å². The van der Waals surface area contributed by atoms with Gasteiger partial charge in [0.15, 0.2) is 0 Å². The molecule has 0 unspecified atom stereocenters. The standard InChI is InChI=1S/C14H12BrFN2O/c15-13-6-5-12(9-17-13)18-14(19)7-4-10-2-1-3-11(16)8-10/h1-3,5-6,8-9H,4,7H2,(H,18,19). The van der Waals surface area contributed by atoms with Crippen molar-refractivity contribution in [3.63, 3.8) is 0 Å². The van der Waals surface area contributed by atoms with Crippen molar-refractivity contribution in [2.75, 3.05) is 5.32 Å². The third-order valence-corrected chi connectivity index (χ3v) is 3.01. The molecule has 19 heavy (non-hydrogen) atoms. The van der Waals surface area contributed by atoms with E-state index in [9.17, 15) is 9.18 Å². The van der Waals surface area contributed by atoms with E-state index in [1.165, 1.54) is 12.1 Å². The molecule has 1 aromatic heterocycles. The highest BCUT2D eigenvalue weighted by Crippen LogP contribution is 2.11. The number of nitrogens with zero attached hydrogens (tertiary/aromatic N) is 1. The first-order valence-corrected chi connectivity index (χ1v) is 6.58. The third kappa shape index (κ3) is 4.44. The summed E-state index contributed by atoms with van der Waals surface area (Å²) in [5.41, 5.74) is 1.46. The maximum absolute atomic E-state index is 13.0. The smallest absolute Gasteiger partial charge is 0.224 e. The monoisotopic (exact) mass is 322 g/mol. The highest BCUT2D eigenvalue weighted by Gasteiger charge is 2.04. The minimum absolute atomic E-state index is 0.117. The molecule has 3 nitrogen and oxygen atoms in total. The fourth-order valence-corrected chi connectivity index (χ4v) is 1.86. The minimum Gasteiger partial charge on any atom is -0.325 e. The summed E-state index contributed by atoms with van der Waals surface area (Å²) >= 11 is 3.22. The number of halogens is 2. The zero-order valence-electron chi connectivity index (χ0n) is 10.1. The van der Waals surface area contributed by atoms with Crippen molar-refractivity contribution in [3.05, 3.63) is 58.6 Å². The second-order valence-corrected chi connectivity index (χ2v) is 4.86.